The third-order valence-corrected chi connectivity index (χ3v) is 5.04. The molecule has 0 unspecified atom stereocenters. The SMILES string of the molecule is CCOP(=O)(CNC(=O)c1csc(NC(=O)OC(C)(C)C)n1)OCC. The van der Waals surface area contributed by atoms with E-state index in [9.17, 15) is 14.2 Å². The van der Waals surface area contributed by atoms with Gasteiger partial charge in [-0.2, -0.15) is 0 Å². The molecule has 11 heteroatoms. The lowest BCUT2D eigenvalue weighted by molar-refractivity contribution is 0.0635. The summed E-state index contributed by atoms with van der Waals surface area (Å²) >= 11 is 1.07. The molecule has 0 saturated carbocycles. The van der Waals surface area contributed by atoms with E-state index < -0.39 is 25.2 Å². The summed E-state index contributed by atoms with van der Waals surface area (Å²) in [5, 5.41) is 6.60. The summed E-state index contributed by atoms with van der Waals surface area (Å²) in [5.41, 5.74) is -0.558. The van der Waals surface area contributed by atoms with Crippen LogP contribution >= 0.6 is 18.9 Å². The van der Waals surface area contributed by atoms with E-state index in [0.717, 1.165) is 11.3 Å². The summed E-state index contributed by atoms with van der Waals surface area (Å²) in [4.78, 5) is 27.8. The Labute approximate surface area is 151 Å². The van der Waals surface area contributed by atoms with Crippen molar-refractivity contribution in [2.75, 3.05) is 24.8 Å². The van der Waals surface area contributed by atoms with Gasteiger partial charge < -0.3 is 19.1 Å². The van der Waals surface area contributed by atoms with Gasteiger partial charge in [0.2, 0.25) is 0 Å². The molecule has 1 heterocycles. The summed E-state index contributed by atoms with van der Waals surface area (Å²) in [5.74, 6) is -0.548. The van der Waals surface area contributed by atoms with Gasteiger partial charge in [-0.25, -0.2) is 9.78 Å². The molecule has 9 nitrogen and oxygen atoms in total. The van der Waals surface area contributed by atoms with Crippen molar-refractivity contribution in [2.45, 2.75) is 40.2 Å². The van der Waals surface area contributed by atoms with E-state index in [1.165, 1.54) is 5.38 Å². The number of carbonyl (C=O) groups is 2. The van der Waals surface area contributed by atoms with Crippen LogP contribution in [0.1, 0.15) is 45.1 Å². The largest absolute Gasteiger partial charge is 0.444 e. The van der Waals surface area contributed by atoms with E-state index in [0.29, 0.717) is 0 Å². The number of rotatable bonds is 8. The number of nitrogens with one attached hydrogen (secondary N) is 2. The molecule has 0 aliphatic rings. The fourth-order valence-corrected chi connectivity index (χ4v) is 3.66. The Morgan fingerprint density at radius 2 is 1.84 bits per heavy atom. The second kappa shape index (κ2) is 9.28. The molecule has 0 bridgehead atoms. The van der Waals surface area contributed by atoms with Gasteiger partial charge in [0.05, 0.1) is 13.2 Å². The summed E-state index contributed by atoms with van der Waals surface area (Å²) in [6, 6.07) is 0. The molecule has 0 fully saturated rings. The van der Waals surface area contributed by atoms with E-state index in [1.54, 1.807) is 34.6 Å². The van der Waals surface area contributed by atoms with Crippen LogP contribution in [0.2, 0.25) is 0 Å². The number of carbonyl (C=O) groups excluding carboxylic acids is 2. The van der Waals surface area contributed by atoms with Gasteiger partial charge in [-0.3, -0.25) is 14.7 Å². The molecule has 2 N–H and O–H groups in total. The minimum atomic E-state index is -3.38. The highest BCUT2D eigenvalue weighted by Gasteiger charge is 2.25. The van der Waals surface area contributed by atoms with Crippen LogP contribution in [-0.4, -0.2) is 42.1 Å². The summed E-state index contributed by atoms with van der Waals surface area (Å²) < 4.78 is 27.6. The molecule has 1 aromatic heterocycles. The summed E-state index contributed by atoms with van der Waals surface area (Å²) in [7, 11) is -3.38. The van der Waals surface area contributed by atoms with Crippen LogP contribution in [0, 0.1) is 0 Å². The molecular formula is C14H24N3O6PS. The first-order chi connectivity index (χ1) is 11.6. The lowest BCUT2D eigenvalue weighted by Crippen LogP contribution is -2.27. The average Bonchev–Trinajstić information content (AvgIpc) is 2.91. The van der Waals surface area contributed by atoms with Crippen molar-refractivity contribution in [3.8, 4) is 0 Å². The quantitative estimate of drug-likeness (QED) is 0.650. The van der Waals surface area contributed by atoms with E-state index in [-0.39, 0.29) is 30.3 Å². The first-order valence-corrected chi connectivity index (χ1v) is 10.3. The molecule has 0 saturated heterocycles. The highest BCUT2D eigenvalue weighted by atomic mass is 32.1. The van der Waals surface area contributed by atoms with Gasteiger partial charge in [-0.1, -0.05) is 0 Å². The number of anilines is 1. The normalized spacial score (nSPS) is 11.9. The van der Waals surface area contributed by atoms with E-state index in [4.69, 9.17) is 13.8 Å². The molecule has 1 aromatic rings. The molecule has 142 valence electrons. The molecule has 25 heavy (non-hydrogen) atoms. The van der Waals surface area contributed by atoms with Crippen LogP contribution in [0.15, 0.2) is 5.38 Å². The fraction of sp³-hybridized carbons (Fsp3) is 0.643. The second-order valence-electron chi connectivity index (χ2n) is 5.78. The topological polar surface area (TPSA) is 116 Å². The fourth-order valence-electron chi connectivity index (χ4n) is 1.61. The van der Waals surface area contributed by atoms with E-state index in [1.807, 2.05) is 0 Å². The van der Waals surface area contributed by atoms with Crippen LogP contribution in [0.25, 0.3) is 0 Å². The summed E-state index contributed by atoms with van der Waals surface area (Å²) in [6.07, 6.45) is -0.925. The number of amides is 2. The van der Waals surface area contributed by atoms with Crippen LogP contribution in [0.4, 0.5) is 9.93 Å². The molecule has 2 amide bonds. The van der Waals surface area contributed by atoms with Crippen molar-refractivity contribution < 1.29 is 27.9 Å². The Bertz CT molecular complexity index is 633. The molecule has 0 atom stereocenters. The van der Waals surface area contributed by atoms with Gasteiger partial charge in [0.1, 0.15) is 17.6 Å². The zero-order valence-corrected chi connectivity index (χ0v) is 16.7. The van der Waals surface area contributed by atoms with Crippen LogP contribution in [0.3, 0.4) is 0 Å². The Morgan fingerprint density at radius 3 is 2.36 bits per heavy atom. The Morgan fingerprint density at radius 1 is 1.24 bits per heavy atom. The van der Waals surface area contributed by atoms with E-state index >= 15 is 0 Å². The van der Waals surface area contributed by atoms with Crippen molar-refractivity contribution in [1.82, 2.24) is 10.3 Å². The van der Waals surface area contributed by atoms with Crippen molar-refractivity contribution >= 4 is 36.1 Å². The number of ether oxygens (including phenoxy) is 1. The van der Waals surface area contributed by atoms with E-state index in [2.05, 4.69) is 15.6 Å². The maximum atomic E-state index is 12.3. The molecule has 0 radical (unpaired) electrons. The van der Waals surface area contributed by atoms with Gasteiger partial charge in [-0.15, -0.1) is 11.3 Å². The molecular weight excluding hydrogens is 369 g/mol. The van der Waals surface area contributed by atoms with Gasteiger partial charge in [0.25, 0.3) is 5.91 Å². The molecule has 0 spiro atoms. The minimum Gasteiger partial charge on any atom is -0.444 e. The average molecular weight is 393 g/mol. The highest BCUT2D eigenvalue weighted by Crippen LogP contribution is 2.46. The monoisotopic (exact) mass is 393 g/mol. The maximum absolute atomic E-state index is 12.3. The first-order valence-electron chi connectivity index (χ1n) is 7.70. The third kappa shape index (κ3) is 7.96. The number of thiazole rings is 1. The van der Waals surface area contributed by atoms with Crippen LogP contribution in [0.5, 0.6) is 0 Å². The standard InChI is InChI=1S/C14H24N3O6PS/c1-6-21-24(20,22-7-2)9-15-11(18)10-8-25-12(16-10)17-13(19)23-14(3,4)5/h8H,6-7,9H2,1-5H3,(H,15,18)(H,16,17,19). The molecule has 0 aliphatic heterocycles. The van der Waals surface area contributed by atoms with Crippen molar-refractivity contribution in [3.63, 3.8) is 0 Å². The minimum absolute atomic E-state index is 0.0793. The van der Waals surface area contributed by atoms with Crippen LogP contribution < -0.4 is 10.6 Å². The predicted molar refractivity (Wildman–Crippen MR) is 95.2 cm³/mol. The zero-order valence-electron chi connectivity index (χ0n) is 15.0. The number of nitrogens with zero attached hydrogens (tertiary/aromatic N) is 1. The lowest BCUT2D eigenvalue weighted by Gasteiger charge is -2.18. The van der Waals surface area contributed by atoms with Crippen molar-refractivity contribution in [1.29, 1.82) is 0 Å². The Balaban J connectivity index is 2.62. The third-order valence-electron chi connectivity index (χ3n) is 2.43. The van der Waals surface area contributed by atoms with Crippen molar-refractivity contribution in [3.05, 3.63) is 11.1 Å². The highest BCUT2D eigenvalue weighted by molar-refractivity contribution is 7.53. The lowest BCUT2D eigenvalue weighted by atomic mass is 10.2. The maximum Gasteiger partial charge on any atom is 0.413 e. The van der Waals surface area contributed by atoms with Gasteiger partial charge >= 0.3 is 13.7 Å². The first kappa shape index (κ1) is 21.6. The van der Waals surface area contributed by atoms with Crippen molar-refractivity contribution in [2.24, 2.45) is 0 Å². The second-order valence-corrected chi connectivity index (χ2v) is 8.69. The number of hydrogen-bond acceptors (Lipinski definition) is 8. The Kier molecular flexibility index (Phi) is 8.01. The smallest absolute Gasteiger partial charge is 0.413 e. The molecule has 0 aromatic carbocycles. The van der Waals surface area contributed by atoms with Gasteiger partial charge in [0, 0.05) is 5.38 Å². The van der Waals surface area contributed by atoms with Gasteiger partial charge in [-0.05, 0) is 34.6 Å². The number of hydrogen-bond donors (Lipinski definition) is 2. The summed E-state index contributed by atoms with van der Waals surface area (Å²) in [6.45, 7) is 8.99. The predicted octanol–water partition coefficient (Wildman–Crippen LogP) is 3.44. The Hall–Kier alpha value is -1.48. The molecule has 1 rings (SSSR count). The molecule has 0 aliphatic carbocycles. The number of aromatic nitrogens is 1. The van der Waals surface area contributed by atoms with Gasteiger partial charge in [0.15, 0.2) is 5.13 Å². The zero-order chi connectivity index (χ0) is 19.1. The van der Waals surface area contributed by atoms with Crippen LogP contribution in [-0.2, 0) is 18.3 Å².